The van der Waals surface area contributed by atoms with Crippen molar-refractivity contribution >= 4 is 11.6 Å². The van der Waals surface area contributed by atoms with Gasteiger partial charge in [0.15, 0.2) is 0 Å². The van der Waals surface area contributed by atoms with E-state index in [1.807, 2.05) is 6.92 Å². The smallest absolute Gasteiger partial charge is 0.254 e. The van der Waals surface area contributed by atoms with Crippen molar-refractivity contribution in [1.82, 2.24) is 4.90 Å². The van der Waals surface area contributed by atoms with E-state index in [0.29, 0.717) is 30.9 Å². The SMILES string of the molecule is C=CCN(CCOC)C(=O)c1cccc(N)c1C. The normalized spacial score (nSPS) is 10.1. The second kappa shape index (κ2) is 6.81. The van der Waals surface area contributed by atoms with E-state index in [9.17, 15) is 4.79 Å². The molecule has 0 bridgehead atoms. The monoisotopic (exact) mass is 248 g/mol. The van der Waals surface area contributed by atoms with E-state index in [2.05, 4.69) is 6.58 Å². The van der Waals surface area contributed by atoms with Crippen LogP contribution in [0.1, 0.15) is 15.9 Å². The van der Waals surface area contributed by atoms with Crippen molar-refractivity contribution in [2.75, 3.05) is 32.5 Å². The van der Waals surface area contributed by atoms with Gasteiger partial charge in [-0.3, -0.25) is 4.79 Å². The molecule has 4 heteroatoms. The van der Waals surface area contributed by atoms with E-state index < -0.39 is 0 Å². The maximum absolute atomic E-state index is 12.4. The van der Waals surface area contributed by atoms with E-state index >= 15 is 0 Å². The summed E-state index contributed by atoms with van der Waals surface area (Å²) in [5, 5.41) is 0. The van der Waals surface area contributed by atoms with Crippen molar-refractivity contribution in [2.24, 2.45) is 0 Å². The van der Waals surface area contributed by atoms with Crippen LogP contribution in [0, 0.1) is 6.92 Å². The quantitative estimate of drug-likeness (QED) is 0.617. The van der Waals surface area contributed by atoms with E-state index in [1.54, 1.807) is 36.3 Å². The molecule has 98 valence electrons. The Morgan fingerprint density at radius 2 is 2.28 bits per heavy atom. The van der Waals surface area contributed by atoms with Crippen molar-refractivity contribution in [3.05, 3.63) is 42.0 Å². The summed E-state index contributed by atoms with van der Waals surface area (Å²) in [5.74, 6) is -0.0447. The Hall–Kier alpha value is -1.81. The van der Waals surface area contributed by atoms with E-state index in [4.69, 9.17) is 10.5 Å². The number of nitrogens with zero attached hydrogens (tertiary/aromatic N) is 1. The van der Waals surface area contributed by atoms with Crippen LogP contribution < -0.4 is 5.73 Å². The number of hydrogen-bond donors (Lipinski definition) is 1. The zero-order chi connectivity index (χ0) is 13.5. The van der Waals surface area contributed by atoms with Crippen LogP contribution in [0.5, 0.6) is 0 Å². The topological polar surface area (TPSA) is 55.6 Å². The summed E-state index contributed by atoms with van der Waals surface area (Å²) < 4.78 is 5.01. The van der Waals surface area contributed by atoms with Crippen molar-refractivity contribution in [3.63, 3.8) is 0 Å². The van der Waals surface area contributed by atoms with E-state index in [1.165, 1.54) is 0 Å². The van der Waals surface area contributed by atoms with Crippen LogP contribution in [-0.2, 0) is 4.74 Å². The summed E-state index contributed by atoms with van der Waals surface area (Å²) >= 11 is 0. The molecule has 0 atom stereocenters. The van der Waals surface area contributed by atoms with E-state index in [-0.39, 0.29) is 5.91 Å². The molecule has 1 aromatic carbocycles. The summed E-state index contributed by atoms with van der Waals surface area (Å²) in [6.07, 6.45) is 1.70. The van der Waals surface area contributed by atoms with Gasteiger partial charge in [0.05, 0.1) is 6.61 Å². The standard InChI is InChI=1S/C14H20N2O2/c1-4-8-16(9-10-18-3)14(17)12-6-5-7-13(15)11(12)2/h4-7H,1,8-10,15H2,2-3H3. The van der Waals surface area contributed by atoms with Crippen LogP contribution >= 0.6 is 0 Å². The van der Waals surface area contributed by atoms with Gasteiger partial charge in [-0.1, -0.05) is 12.1 Å². The molecule has 1 aromatic rings. The maximum Gasteiger partial charge on any atom is 0.254 e. The first-order chi connectivity index (χ1) is 8.61. The van der Waals surface area contributed by atoms with E-state index in [0.717, 1.165) is 5.56 Å². The minimum absolute atomic E-state index is 0.0447. The van der Waals surface area contributed by atoms with Crippen molar-refractivity contribution < 1.29 is 9.53 Å². The van der Waals surface area contributed by atoms with Gasteiger partial charge < -0.3 is 15.4 Å². The predicted octanol–water partition coefficient (Wildman–Crippen LogP) is 1.85. The number of nitrogens with two attached hydrogens (primary N) is 1. The Morgan fingerprint density at radius 3 is 2.89 bits per heavy atom. The highest BCUT2D eigenvalue weighted by molar-refractivity contribution is 5.97. The van der Waals surface area contributed by atoms with Crippen LogP contribution in [0.25, 0.3) is 0 Å². The van der Waals surface area contributed by atoms with Crippen LogP contribution in [0.3, 0.4) is 0 Å². The molecule has 4 nitrogen and oxygen atoms in total. The molecule has 0 fully saturated rings. The van der Waals surface area contributed by atoms with Crippen LogP contribution in [-0.4, -0.2) is 37.6 Å². The molecule has 1 amide bonds. The number of ether oxygens (including phenoxy) is 1. The summed E-state index contributed by atoms with van der Waals surface area (Å²) in [6.45, 7) is 7.05. The van der Waals surface area contributed by atoms with Gasteiger partial charge in [-0.15, -0.1) is 6.58 Å². The van der Waals surface area contributed by atoms with Crippen LogP contribution in [0.15, 0.2) is 30.9 Å². The average molecular weight is 248 g/mol. The third-order valence-electron chi connectivity index (χ3n) is 2.81. The van der Waals surface area contributed by atoms with Gasteiger partial charge in [-0.2, -0.15) is 0 Å². The Bertz CT molecular complexity index is 430. The van der Waals surface area contributed by atoms with Gasteiger partial charge in [-0.05, 0) is 24.6 Å². The average Bonchev–Trinajstić information content (AvgIpc) is 2.37. The highest BCUT2D eigenvalue weighted by atomic mass is 16.5. The molecule has 0 aliphatic heterocycles. The molecule has 0 radical (unpaired) electrons. The lowest BCUT2D eigenvalue weighted by Crippen LogP contribution is -2.34. The zero-order valence-electron chi connectivity index (χ0n) is 11.0. The number of methoxy groups -OCH3 is 1. The number of benzene rings is 1. The molecular formula is C14H20N2O2. The number of rotatable bonds is 6. The molecule has 0 aliphatic carbocycles. The summed E-state index contributed by atoms with van der Waals surface area (Å²) in [6, 6.07) is 5.37. The largest absolute Gasteiger partial charge is 0.398 e. The Labute approximate surface area is 108 Å². The number of hydrogen-bond acceptors (Lipinski definition) is 3. The summed E-state index contributed by atoms with van der Waals surface area (Å²) in [7, 11) is 1.61. The first-order valence-corrected chi connectivity index (χ1v) is 5.86. The first kappa shape index (κ1) is 14.3. The van der Waals surface area contributed by atoms with Crippen molar-refractivity contribution in [3.8, 4) is 0 Å². The molecule has 1 rings (SSSR count). The Morgan fingerprint density at radius 1 is 1.56 bits per heavy atom. The highest BCUT2D eigenvalue weighted by Gasteiger charge is 2.17. The second-order valence-corrected chi connectivity index (χ2v) is 4.05. The lowest BCUT2D eigenvalue weighted by molar-refractivity contribution is 0.0717. The first-order valence-electron chi connectivity index (χ1n) is 5.86. The third kappa shape index (κ3) is 3.34. The van der Waals surface area contributed by atoms with Crippen LogP contribution in [0.2, 0.25) is 0 Å². The number of amides is 1. The summed E-state index contributed by atoms with van der Waals surface area (Å²) in [4.78, 5) is 14.1. The van der Waals surface area contributed by atoms with Crippen molar-refractivity contribution in [1.29, 1.82) is 0 Å². The van der Waals surface area contributed by atoms with Gasteiger partial charge in [0.1, 0.15) is 0 Å². The second-order valence-electron chi connectivity index (χ2n) is 4.05. The lowest BCUT2D eigenvalue weighted by atomic mass is 10.1. The highest BCUT2D eigenvalue weighted by Crippen LogP contribution is 2.17. The maximum atomic E-state index is 12.4. The molecule has 0 heterocycles. The van der Waals surface area contributed by atoms with Crippen LogP contribution in [0.4, 0.5) is 5.69 Å². The zero-order valence-corrected chi connectivity index (χ0v) is 11.0. The number of carbonyl (C=O) groups excluding carboxylic acids is 1. The molecule has 18 heavy (non-hydrogen) atoms. The molecule has 0 unspecified atom stereocenters. The molecule has 2 N–H and O–H groups in total. The molecule has 0 saturated heterocycles. The molecule has 0 saturated carbocycles. The minimum atomic E-state index is -0.0447. The van der Waals surface area contributed by atoms with Gasteiger partial charge in [-0.25, -0.2) is 0 Å². The minimum Gasteiger partial charge on any atom is -0.398 e. The fourth-order valence-electron chi connectivity index (χ4n) is 1.69. The van der Waals surface area contributed by atoms with Gasteiger partial charge in [0, 0.05) is 31.5 Å². The number of anilines is 1. The fraction of sp³-hybridized carbons (Fsp3) is 0.357. The third-order valence-corrected chi connectivity index (χ3v) is 2.81. The Kier molecular flexibility index (Phi) is 5.39. The molecule has 0 spiro atoms. The Balaban J connectivity index is 2.94. The molecule has 0 aromatic heterocycles. The number of carbonyl (C=O) groups is 1. The summed E-state index contributed by atoms with van der Waals surface area (Å²) in [5.41, 5.74) is 7.89. The van der Waals surface area contributed by atoms with Gasteiger partial charge >= 0.3 is 0 Å². The molecule has 0 aliphatic rings. The van der Waals surface area contributed by atoms with Gasteiger partial charge in [0.2, 0.25) is 0 Å². The molecular weight excluding hydrogens is 228 g/mol. The van der Waals surface area contributed by atoms with Gasteiger partial charge in [0.25, 0.3) is 5.91 Å². The number of nitrogen functional groups attached to an aromatic ring is 1. The fourth-order valence-corrected chi connectivity index (χ4v) is 1.69. The lowest BCUT2D eigenvalue weighted by Gasteiger charge is -2.22. The predicted molar refractivity (Wildman–Crippen MR) is 73.6 cm³/mol. The van der Waals surface area contributed by atoms with Crippen molar-refractivity contribution in [2.45, 2.75) is 6.92 Å².